The first kappa shape index (κ1) is 19.6. The Hall–Kier alpha value is -2.75. The molecule has 2 heterocycles. The van der Waals surface area contributed by atoms with Gasteiger partial charge in [-0.25, -0.2) is 0 Å². The summed E-state index contributed by atoms with van der Waals surface area (Å²) in [5, 5.41) is 12.8. The lowest BCUT2D eigenvalue weighted by Crippen LogP contribution is -2.36. The number of amides is 1. The fraction of sp³-hybridized carbons (Fsp3) is 0.364. The summed E-state index contributed by atoms with van der Waals surface area (Å²) in [5.74, 6) is 1.98. The maximum absolute atomic E-state index is 12.8. The Morgan fingerprint density at radius 1 is 1.31 bits per heavy atom. The summed E-state index contributed by atoms with van der Waals surface area (Å²) in [7, 11) is 0. The van der Waals surface area contributed by atoms with Gasteiger partial charge in [0.05, 0.1) is 24.6 Å². The smallest absolute Gasteiger partial charge is 0.266 e. The molecule has 1 saturated heterocycles. The lowest BCUT2D eigenvalue weighted by molar-refractivity contribution is -0.112. The highest BCUT2D eigenvalue weighted by molar-refractivity contribution is 6.31. The maximum atomic E-state index is 12.8. The van der Waals surface area contributed by atoms with Crippen LogP contribution in [0.15, 0.2) is 40.3 Å². The molecule has 0 radical (unpaired) electrons. The summed E-state index contributed by atoms with van der Waals surface area (Å²) in [5.41, 5.74) is 1.39. The van der Waals surface area contributed by atoms with Gasteiger partial charge in [-0.15, -0.1) is 0 Å². The highest BCUT2D eigenvalue weighted by Crippen LogP contribution is 2.47. The summed E-state index contributed by atoms with van der Waals surface area (Å²) in [6.07, 6.45) is 2.59. The molecule has 6 nitrogen and oxygen atoms in total. The van der Waals surface area contributed by atoms with Crippen LogP contribution in [0.25, 0.3) is 6.08 Å². The third kappa shape index (κ3) is 4.47. The van der Waals surface area contributed by atoms with E-state index in [-0.39, 0.29) is 5.57 Å². The van der Waals surface area contributed by atoms with Crippen molar-refractivity contribution in [2.75, 3.05) is 36.5 Å². The lowest BCUT2D eigenvalue weighted by Gasteiger charge is -2.30. The van der Waals surface area contributed by atoms with Crippen LogP contribution in [0, 0.1) is 17.2 Å². The first-order chi connectivity index (χ1) is 14.0. The Balaban J connectivity index is 1.53. The molecule has 1 aliphatic heterocycles. The number of hydrogen-bond donors (Lipinski definition) is 1. The predicted octanol–water partition coefficient (Wildman–Crippen LogP) is 4.44. The number of benzene rings is 1. The van der Waals surface area contributed by atoms with Crippen molar-refractivity contribution in [1.29, 1.82) is 5.26 Å². The number of hydrogen-bond acceptors (Lipinski definition) is 5. The largest absolute Gasteiger partial charge is 0.461 e. The minimum atomic E-state index is -0.498. The molecule has 2 fully saturated rings. The quantitative estimate of drug-likeness (QED) is 0.581. The van der Waals surface area contributed by atoms with Crippen molar-refractivity contribution in [2.24, 2.45) is 5.92 Å². The van der Waals surface area contributed by atoms with E-state index < -0.39 is 5.91 Å². The fourth-order valence-electron chi connectivity index (χ4n) is 3.53. The van der Waals surface area contributed by atoms with Gasteiger partial charge in [-0.2, -0.15) is 5.26 Å². The second-order valence-corrected chi connectivity index (χ2v) is 7.88. The molecule has 1 N–H and O–H groups in total. The third-order valence-corrected chi connectivity index (χ3v) is 5.57. The summed E-state index contributed by atoms with van der Waals surface area (Å²) in [6, 6.07) is 11.0. The van der Waals surface area contributed by atoms with Gasteiger partial charge in [0.1, 0.15) is 23.2 Å². The van der Waals surface area contributed by atoms with Gasteiger partial charge in [0.25, 0.3) is 5.91 Å². The Morgan fingerprint density at radius 2 is 2.07 bits per heavy atom. The van der Waals surface area contributed by atoms with Crippen molar-refractivity contribution < 1.29 is 13.9 Å². The highest BCUT2D eigenvalue weighted by atomic mass is 35.5. The number of nitrogens with one attached hydrogen (secondary N) is 1. The first-order valence-corrected chi connectivity index (χ1v) is 10.1. The second kappa shape index (κ2) is 8.32. The molecule has 0 spiro atoms. The summed E-state index contributed by atoms with van der Waals surface area (Å²) in [6.45, 7) is 4.87. The topological polar surface area (TPSA) is 78.5 Å². The molecule has 29 heavy (non-hydrogen) atoms. The van der Waals surface area contributed by atoms with Gasteiger partial charge >= 0.3 is 0 Å². The monoisotopic (exact) mass is 411 g/mol. The van der Waals surface area contributed by atoms with Gasteiger partial charge in [-0.05, 0) is 42.7 Å². The Morgan fingerprint density at radius 3 is 2.76 bits per heavy atom. The fourth-order valence-corrected chi connectivity index (χ4v) is 3.70. The van der Waals surface area contributed by atoms with Crippen LogP contribution in [-0.2, 0) is 9.53 Å². The number of halogens is 1. The number of carbonyl (C=O) groups excluding carboxylic acids is 1. The van der Waals surface area contributed by atoms with Crippen LogP contribution in [0.3, 0.4) is 0 Å². The zero-order valence-electron chi connectivity index (χ0n) is 16.2. The van der Waals surface area contributed by atoms with Gasteiger partial charge in [-0.1, -0.05) is 18.5 Å². The summed E-state index contributed by atoms with van der Waals surface area (Å²) >= 11 is 6.14. The molecule has 0 bridgehead atoms. The average Bonchev–Trinajstić information content (AvgIpc) is 3.27. The number of nitriles is 1. The number of nitrogens with zero attached hydrogens (tertiary/aromatic N) is 2. The number of carbonyl (C=O) groups is 1. The van der Waals surface area contributed by atoms with Crippen LogP contribution >= 0.6 is 11.6 Å². The SMILES string of the molecule is C[C@@H]1C[C@H]1c1ccc(/C=C(\C#N)C(=O)Nc2cc(Cl)ccc2N2CCOCC2)o1. The summed E-state index contributed by atoms with van der Waals surface area (Å²) < 4.78 is 11.2. The van der Waals surface area contributed by atoms with Crippen LogP contribution in [0.5, 0.6) is 0 Å². The van der Waals surface area contributed by atoms with Crippen LogP contribution in [0.1, 0.15) is 30.8 Å². The van der Waals surface area contributed by atoms with Gasteiger partial charge in [-0.3, -0.25) is 4.79 Å². The van der Waals surface area contributed by atoms with E-state index in [2.05, 4.69) is 17.1 Å². The van der Waals surface area contributed by atoms with Gasteiger partial charge in [0, 0.05) is 30.1 Å². The van der Waals surface area contributed by atoms with Crippen molar-refractivity contribution in [1.82, 2.24) is 0 Å². The molecular formula is C22H22ClN3O3. The van der Waals surface area contributed by atoms with Gasteiger partial charge < -0.3 is 19.4 Å². The molecule has 4 rings (SSSR count). The van der Waals surface area contributed by atoms with E-state index in [1.807, 2.05) is 18.2 Å². The van der Waals surface area contributed by atoms with E-state index in [9.17, 15) is 10.1 Å². The molecule has 2 atom stereocenters. The van der Waals surface area contributed by atoms with Crippen molar-refractivity contribution >= 4 is 35.0 Å². The number of furan rings is 1. The minimum Gasteiger partial charge on any atom is -0.461 e. The lowest BCUT2D eigenvalue weighted by atomic mass is 10.2. The van der Waals surface area contributed by atoms with Crippen LogP contribution in [-0.4, -0.2) is 32.2 Å². The van der Waals surface area contributed by atoms with Gasteiger partial charge in [0.15, 0.2) is 0 Å². The van der Waals surface area contributed by atoms with Crippen molar-refractivity contribution in [3.63, 3.8) is 0 Å². The molecule has 0 unspecified atom stereocenters. The normalized spacial score (nSPS) is 21.6. The molecule has 2 aromatic rings. The molecule has 1 aromatic carbocycles. The zero-order valence-corrected chi connectivity index (χ0v) is 16.9. The summed E-state index contributed by atoms with van der Waals surface area (Å²) in [4.78, 5) is 14.9. The van der Waals surface area contributed by atoms with Crippen LogP contribution in [0.4, 0.5) is 11.4 Å². The number of ether oxygens (including phenoxy) is 1. The number of rotatable bonds is 5. The predicted molar refractivity (Wildman–Crippen MR) is 112 cm³/mol. The molecule has 1 aromatic heterocycles. The zero-order chi connectivity index (χ0) is 20.4. The second-order valence-electron chi connectivity index (χ2n) is 7.44. The molecule has 150 valence electrons. The molecule has 7 heteroatoms. The van der Waals surface area contributed by atoms with Crippen LogP contribution < -0.4 is 10.2 Å². The van der Waals surface area contributed by atoms with E-state index in [1.54, 1.807) is 18.2 Å². The molecule has 1 saturated carbocycles. The third-order valence-electron chi connectivity index (χ3n) is 5.33. The minimum absolute atomic E-state index is 0.0253. The van der Waals surface area contributed by atoms with E-state index in [0.29, 0.717) is 41.5 Å². The van der Waals surface area contributed by atoms with E-state index >= 15 is 0 Å². The van der Waals surface area contributed by atoms with Crippen molar-refractivity contribution in [2.45, 2.75) is 19.3 Å². The van der Waals surface area contributed by atoms with Crippen molar-refractivity contribution in [3.8, 4) is 6.07 Å². The van der Waals surface area contributed by atoms with E-state index in [4.69, 9.17) is 20.8 Å². The first-order valence-electron chi connectivity index (χ1n) is 9.70. The Bertz CT molecular complexity index is 985. The van der Waals surface area contributed by atoms with Gasteiger partial charge in [0.2, 0.25) is 0 Å². The Labute approximate surface area is 174 Å². The highest BCUT2D eigenvalue weighted by Gasteiger charge is 2.36. The van der Waals surface area contributed by atoms with Crippen molar-refractivity contribution in [3.05, 3.63) is 52.4 Å². The Kier molecular flexibility index (Phi) is 5.61. The van der Waals surface area contributed by atoms with Crippen LogP contribution in [0.2, 0.25) is 5.02 Å². The standard InChI is InChI=1S/C22H22ClN3O3/c1-14-10-18(14)21-5-3-17(29-21)11-15(13-24)22(27)25-19-12-16(23)2-4-20(19)26-6-8-28-9-7-26/h2-5,11-12,14,18H,6-10H2,1H3,(H,25,27)/b15-11+/t14-,18-/m1/s1. The molecule has 2 aliphatic rings. The molecular weight excluding hydrogens is 390 g/mol. The van der Waals surface area contributed by atoms with E-state index in [0.717, 1.165) is 31.0 Å². The number of morpholine rings is 1. The maximum Gasteiger partial charge on any atom is 0.266 e. The average molecular weight is 412 g/mol. The molecule has 1 aliphatic carbocycles. The molecule has 1 amide bonds. The van der Waals surface area contributed by atoms with E-state index in [1.165, 1.54) is 6.08 Å². The number of anilines is 2.